The molecule has 5 heteroatoms. The van der Waals surface area contributed by atoms with Gasteiger partial charge in [-0.15, -0.1) is 0 Å². The number of esters is 1. The highest BCUT2D eigenvalue weighted by molar-refractivity contribution is 9.10. The number of halogens is 2. The molecule has 0 saturated heterocycles. The Morgan fingerprint density at radius 2 is 2.36 bits per heavy atom. The van der Waals surface area contributed by atoms with Crippen molar-refractivity contribution in [2.75, 3.05) is 6.61 Å². The summed E-state index contributed by atoms with van der Waals surface area (Å²) >= 11 is 3.05. The molecule has 1 rings (SSSR count). The first-order chi connectivity index (χ1) is 6.57. The molecule has 0 aliphatic carbocycles. The number of nitrogens with zero attached hydrogens (tertiary/aromatic N) is 1. The van der Waals surface area contributed by atoms with Crippen LogP contribution in [0.3, 0.4) is 0 Å². The minimum Gasteiger partial charge on any atom is -0.462 e. The van der Waals surface area contributed by atoms with Crippen molar-refractivity contribution in [3.8, 4) is 0 Å². The molecular formula is C9H9BrFNO2. The van der Waals surface area contributed by atoms with Crippen LogP contribution >= 0.6 is 15.9 Å². The maximum Gasteiger partial charge on any atom is 0.342 e. The Hall–Kier alpha value is -0.970. The van der Waals surface area contributed by atoms with Gasteiger partial charge >= 0.3 is 5.97 Å². The zero-order chi connectivity index (χ0) is 10.7. The smallest absolute Gasteiger partial charge is 0.342 e. The van der Waals surface area contributed by atoms with Crippen LogP contribution in [-0.4, -0.2) is 17.6 Å². The van der Waals surface area contributed by atoms with Crippen molar-refractivity contribution in [2.45, 2.75) is 13.8 Å². The highest BCUT2D eigenvalue weighted by Gasteiger charge is 2.19. The SMILES string of the molecule is CCOC(=O)c1c(Br)cnc(C)c1F. The third-order valence-corrected chi connectivity index (χ3v) is 2.23. The van der Waals surface area contributed by atoms with E-state index in [0.29, 0.717) is 4.47 Å². The van der Waals surface area contributed by atoms with Crippen LogP contribution in [0.15, 0.2) is 10.7 Å². The molecule has 14 heavy (non-hydrogen) atoms. The lowest BCUT2D eigenvalue weighted by atomic mass is 10.2. The van der Waals surface area contributed by atoms with Gasteiger partial charge in [-0.05, 0) is 29.8 Å². The fourth-order valence-electron chi connectivity index (χ4n) is 0.951. The van der Waals surface area contributed by atoms with Crippen molar-refractivity contribution in [3.63, 3.8) is 0 Å². The number of carbonyl (C=O) groups excluding carboxylic acids is 1. The van der Waals surface area contributed by atoms with Crippen LogP contribution in [0.2, 0.25) is 0 Å². The molecule has 0 aliphatic rings. The van der Waals surface area contributed by atoms with Gasteiger partial charge in [-0.3, -0.25) is 4.98 Å². The average molecular weight is 262 g/mol. The maximum absolute atomic E-state index is 13.4. The van der Waals surface area contributed by atoms with Gasteiger partial charge in [0.1, 0.15) is 5.56 Å². The first kappa shape index (κ1) is 11.1. The molecule has 1 aromatic heterocycles. The van der Waals surface area contributed by atoms with Gasteiger partial charge in [0, 0.05) is 6.20 Å². The van der Waals surface area contributed by atoms with Gasteiger partial charge in [-0.1, -0.05) is 0 Å². The van der Waals surface area contributed by atoms with Gasteiger partial charge in [0.25, 0.3) is 0 Å². The van der Waals surface area contributed by atoms with E-state index < -0.39 is 11.8 Å². The lowest BCUT2D eigenvalue weighted by Gasteiger charge is -2.06. The third-order valence-electron chi connectivity index (χ3n) is 1.63. The van der Waals surface area contributed by atoms with Crippen LogP contribution in [0.5, 0.6) is 0 Å². The Morgan fingerprint density at radius 1 is 1.71 bits per heavy atom. The molecule has 0 bridgehead atoms. The van der Waals surface area contributed by atoms with E-state index in [-0.39, 0.29) is 17.9 Å². The lowest BCUT2D eigenvalue weighted by molar-refractivity contribution is 0.0519. The van der Waals surface area contributed by atoms with E-state index in [1.165, 1.54) is 13.1 Å². The molecule has 0 atom stereocenters. The molecule has 0 unspecified atom stereocenters. The Balaban J connectivity index is 3.18. The van der Waals surface area contributed by atoms with Crippen molar-refractivity contribution in [2.24, 2.45) is 0 Å². The highest BCUT2D eigenvalue weighted by atomic mass is 79.9. The normalized spacial score (nSPS) is 10.0. The standard InChI is InChI=1S/C9H9BrFNO2/c1-3-14-9(13)7-6(10)4-12-5(2)8(7)11/h4H,3H2,1-2H3. The second-order valence-corrected chi connectivity index (χ2v) is 3.46. The summed E-state index contributed by atoms with van der Waals surface area (Å²) in [5, 5.41) is 0. The zero-order valence-electron chi connectivity index (χ0n) is 7.80. The molecular weight excluding hydrogens is 253 g/mol. The third kappa shape index (κ3) is 2.09. The predicted molar refractivity (Wildman–Crippen MR) is 52.6 cm³/mol. The van der Waals surface area contributed by atoms with Crippen LogP contribution < -0.4 is 0 Å². The summed E-state index contributed by atoms with van der Waals surface area (Å²) in [6.45, 7) is 3.37. The van der Waals surface area contributed by atoms with Crippen molar-refractivity contribution in [3.05, 3.63) is 27.7 Å². The van der Waals surface area contributed by atoms with Crippen LogP contribution in [0.25, 0.3) is 0 Å². The lowest BCUT2D eigenvalue weighted by Crippen LogP contribution is -2.10. The van der Waals surface area contributed by atoms with Crippen LogP contribution in [-0.2, 0) is 4.74 Å². The molecule has 0 spiro atoms. The summed E-state index contributed by atoms with van der Waals surface area (Å²) in [6.07, 6.45) is 1.38. The van der Waals surface area contributed by atoms with Gasteiger partial charge < -0.3 is 4.74 Å². The first-order valence-corrected chi connectivity index (χ1v) is 4.85. The molecule has 1 aromatic rings. The summed E-state index contributed by atoms with van der Waals surface area (Å²) in [7, 11) is 0. The summed E-state index contributed by atoms with van der Waals surface area (Å²) in [4.78, 5) is 15.1. The average Bonchev–Trinajstić information content (AvgIpc) is 2.13. The van der Waals surface area contributed by atoms with E-state index in [4.69, 9.17) is 4.74 Å². The van der Waals surface area contributed by atoms with E-state index in [0.717, 1.165) is 0 Å². The monoisotopic (exact) mass is 261 g/mol. The van der Waals surface area contributed by atoms with Crippen molar-refractivity contribution < 1.29 is 13.9 Å². The van der Waals surface area contributed by atoms with Gasteiger partial charge in [0.15, 0.2) is 5.82 Å². The molecule has 0 aliphatic heterocycles. The molecule has 0 saturated carbocycles. The Labute approximate surface area is 89.4 Å². The number of aryl methyl sites for hydroxylation is 1. The van der Waals surface area contributed by atoms with Gasteiger partial charge in [-0.2, -0.15) is 0 Å². The number of aromatic nitrogens is 1. The zero-order valence-corrected chi connectivity index (χ0v) is 9.39. The van der Waals surface area contributed by atoms with Gasteiger partial charge in [0.05, 0.1) is 16.8 Å². The number of carbonyl (C=O) groups is 1. The minimum absolute atomic E-state index is 0.0978. The quantitative estimate of drug-likeness (QED) is 0.768. The molecule has 0 fully saturated rings. The summed E-state index contributed by atoms with van der Waals surface area (Å²) < 4.78 is 18.5. The summed E-state index contributed by atoms with van der Waals surface area (Å²) in [5.74, 6) is -1.32. The van der Waals surface area contributed by atoms with Gasteiger partial charge in [0.2, 0.25) is 0 Å². The molecule has 0 radical (unpaired) electrons. The molecule has 76 valence electrons. The number of hydrogen-bond acceptors (Lipinski definition) is 3. The van der Waals surface area contributed by atoms with Crippen LogP contribution in [0, 0.1) is 12.7 Å². The molecule has 0 amide bonds. The van der Waals surface area contributed by atoms with E-state index in [9.17, 15) is 9.18 Å². The highest BCUT2D eigenvalue weighted by Crippen LogP contribution is 2.21. The number of rotatable bonds is 2. The van der Waals surface area contributed by atoms with Gasteiger partial charge in [-0.25, -0.2) is 9.18 Å². The topological polar surface area (TPSA) is 39.2 Å². The molecule has 3 nitrogen and oxygen atoms in total. The fourth-order valence-corrected chi connectivity index (χ4v) is 1.39. The van der Waals surface area contributed by atoms with E-state index in [2.05, 4.69) is 20.9 Å². The Kier molecular flexibility index (Phi) is 3.57. The predicted octanol–water partition coefficient (Wildman–Crippen LogP) is 2.47. The van der Waals surface area contributed by atoms with E-state index in [1.54, 1.807) is 6.92 Å². The summed E-state index contributed by atoms with van der Waals surface area (Å²) in [6, 6.07) is 0. The Bertz CT molecular complexity index is 368. The van der Waals surface area contributed by atoms with Crippen molar-refractivity contribution >= 4 is 21.9 Å². The number of hydrogen-bond donors (Lipinski definition) is 0. The summed E-state index contributed by atoms with van der Waals surface area (Å²) in [5.41, 5.74) is 0.0793. The van der Waals surface area contributed by atoms with Crippen molar-refractivity contribution in [1.82, 2.24) is 4.98 Å². The second kappa shape index (κ2) is 4.50. The number of ether oxygens (including phenoxy) is 1. The van der Waals surface area contributed by atoms with Crippen molar-refractivity contribution in [1.29, 1.82) is 0 Å². The maximum atomic E-state index is 13.4. The van der Waals surface area contributed by atoms with Crippen LogP contribution in [0.1, 0.15) is 23.0 Å². The molecule has 1 heterocycles. The second-order valence-electron chi connectivity index (χ2n) is 2.60. The minimum atomic E-state index is -0.678. The largest absolute Gasteiger partial charge is 0.462 e. The van der Waals surface area contributed by atoms with E-state index >= 15 is 0 Å². The van der Waals surface area contributed by atoms with E-state index in [1.807, 2.05) is 0 Å². The Morgan fingerprint density at radius 3 is 2.93 bits per heavy atom. The number of pyridine rings is 1. The first-order valence-electron chi connectivity index (χ1n) is 4.05. The molecule has 0 aromatic carbocycles. The van der Waals surface area contributed by atoms with Crippen LogP contribution in [0.4, 0.5) is 4.39 Å². The fraction of sp³-hybridized carbons (Fsp3) is 0.333. The molecule has 0 N–H and O–H groups in total.